The summed E-state index contributed by atoms with van der Waals surface area (Å²) in [4.78, 5) is 7.91. The highest BCUT2D eigenvalue weighted by Gasteiger charge is 2.25. The number of pyridine rings is 1. The number of hydrogen-bond donors (Lipinski definition) is 0. The second-order valence-corrected chi connectivity index (χ2v) is 10.6. The van der Waals surface area contributed by atoms with E-state index in [1.165, 1.54) is 59.9 Å². The van der Waals surface area contributed by atoms with Crippen LogP contribution in [0, 0.1) is 6.92 Å². The van der Waals surface area contributed by atoms with Crippen LogP contribution < -0.4 is 4.74 Å². The minimum Gasteiger partial charge on any atom is -0.491 e. The Hall–Kier alpha value is -2.65. The SMILES string of the molecule is CCc1cccc(CC)c1-c1cc(OC(C)C)c(CN(Cc2ccccc2)C2CCCCC2)c(C)n1. The summed E-state index contributed by atoms with van der Waals surface area (Å²) in [5, 5.41) is 0. The minimum absolute atomic E-state index is 0.114. The average Bonchev–Trinajstić information content (AvgIpc) is 2.90. The van der Waals surface area contributed by atoms with Crippen LogP contribution in [0.2, 0.25) is 0 Å². The molecule has 1 aromatic heterocycles. The summed E-state index contributed by atoms with van der Waals surface area (Å²) in [6.45, 7) is 12.7. The zero-order valence-electron chi connectivity index (χ0n) is 23.0. The lowest BCUT2D eigenvalue weighted by Crippen LogP contribution is -2.36. The van der Waals surface area contributed by atoms with Crippen LogP contribution >= 0.6 is 0 Å². The molecule has 36 heavy (non-hydrogen) atoms. The van der Waals surface area contributed by atoms with Crippen LogP contribution in [0.25, 0.3) is 11.3 Å². The number of benzene rings is 2. The van der Waals surface area contributed by atoms with Crippen molar-refractivity contribution in [2.24, 2.45) is 0 Å². The molecule has 1 aliphatic rings. The monoisotopic (exact) mass is 484 g/mol. The maximum Gasteiger partial charge on any atom is 0.128 e. The summed E-state index contributed by atoms with van der Waals surface area (Å²) in [5.74, 6) is 0.995. The van der Waals surface area contributed by atoms with Crippen molar-refractivity contribution in [3.63, 3.8) is 0 Å². The maximum atomic E-state index is 6.51. The number of ether oxygens (including phenoxy) is 1. The second-order valence-electron chi connectivity index (χ2n) is 10.6. The van der Waals surface area contributed by atoms with Gasteiger partial charge < -0.3 is 4.74 Å². The summed E-state index contributed by atoms with van der Waals surface area (Å²) in [5.41, 5.74) is 8.76. The number of aryl methyl sites for hydroxylation is 3. The van der Waals surface area contributed by atoms with Crippen molar-refractivity contribution in [2.45, 2.75) is 105 Å². The Morgan fingerprint density at radius 3 is 2.17 bits per heavy atom. The van der Waals surface area contributed by atoms with Gasteiger partial charge in [-0.1, -0.05) is 81.6 Å². The van der Waals surface area contributed by atoms with E-state index in [0.717, 1.165) is 43.1 Å². The average molecular weight is 485 g/mol. The van der Waals surface area contributed by atoms with E-state index in [1.54, 1.807) is 0 Å². The van der Waals surface area contributed by atoms with Crippen LogP contribution in [0.4, 0.5) is 0 Å². The zero-order chi connectivity index (χ0) is 25.5. The molecule has 0 bridgehead atoms. The quantitative estimate of drug-likeness (QED) is 0.289. The first-order chi connectivity index (χ1) is 17.5. The fraction of sp³-hybridized carbons (Fsp3) is 0.485. The van der Waals surface area contributed by atoms with E-state index in [1.807, 2.05) is 0 Å². The Labute approximate surface area is 218 Å². The second kappa shape index (κ2) is 12.5. The van der Waals surface area contributed by atoms with Crippen molar-refractivity contribution >= 4 is 0 Å². The number of hydrogen-bond acceptors (Lipinski definition) is 3. The fourth-order valence-electron chi connectivity index (χ4n) is 5.70. The molecule has 0 unspecified atom stereocenters. The molecule has 3 heteroatoms. The van der Waals surface area contributed by atoms with Gasteiger partial charge >= 0.3 is 0 Å². The molecule has 0 atom stereocenters. The van der Waals surface area contributed by atoms with Crippen LogP contribution in [0.15, 0.2) is 54.6 Å². The molecule has 2 aromatic carbocycles. The topological polar surface area (TPSA) is 25.4 Å². The van der Waals surface area contributed by atoms with Crippen molar-refractivity contribution in [3.8, 4) is 17.0 Å². The molecule has 0 spiro atoms. The van der Waals surface area contributed by atoms with Gasteiger partial charge in [0.05, 0.1) is 11.8 Å². The Bertz CT molecular complexity index is 1090. The lowest BCUT2D eigenvalue weighted by atomic mass is 9.92. The van der Waals surface area contributed by atoms with Gasteiger partial charge in [0.2, 0.25) is 0 Å². The van der Waals surface area contributed by atoms with Crippen LogP contribution in [0.3, 0.4) is 0 Å². The predicted molar refractivity (Wildman–Crippen MR) is 151 cm³/mol. The van der Waals surface area contributed by atoms with Crippen LogP contribution in [-0.2, 0) is 25.9 Å². The van der Waals surface area contributed by atoms with E-state index in [2.05, 4.69) is 94.1 Å². The van der Waals surface area contributed by atoms with Gasteiger partial charge in [0.1, 0.15) is 5.75 Å². The molecule has 1 heterocycles. The van der Waals surface area contributed by atoms with Gasteiger partial charge in [-0.25, -0.2) is 0 Å². The Morgan fingerprint density at radius 2 is 1.56 bits per heavy atom. The first kappa shape index (κ1) is 26.4. The summed E-state index contributed by atoms with van der Waals surface area (Å²) in [7, 11) is 0. The van der Waals surface area contributed by atoms with Gasteiger partial charge in [-0.05, 0) is 63.1 Å². The Balaban J connectivity index is 1.75. The van der Waals surface area contributed by atoms with Crippen molar-refractivity contribution in [1.29, 1.82) is 0 Å². The van der Waals surface area contributed by atoms with E-state index >= 15 is 0 Å². The highest BCUT2D eigenvalue weighted by Crippen LogP contribution is 2.35. The van der Waals surface area contributed by atoms with Crippen molar-refractivity contribution in [3.05, 3.63) is 82.5 Å². The standard InChI is InChI=1S/C33H44N2O/c1-6-27-17-14-18-28(7-2)33(27)31-21-32(36-24(3)4)30(25(5)34-31)23-35(29-19-12-9-13-20-29)22-26-15-10-8-11-16-26/h8,10-11,14-18,21,24,29H,6-7,9,12-13,19-20,22-23H2,1-5H3. The van der Waals surface area contributed by atoms with Gasteiger partial charge in [0.15, 0.2) is 0 Å². The van der Waals surface area contributed by atoms with E-state index < -0.39 is 0 Å². The molecule has 0 aliphatic heterocycles. The van der Waals surface area contributed by atoms with Crippen LogP contribution in [-0.4, -0.2) is 22.0 Å². The molecule has 0 radical (unpaired) electrons. The molecule has 192 valence electrons. The zero-order valence-corrected chi connectivity index (χ0v) is 23.0. The molecule has 4 rings (SSSR count). The van der Waals surface area contributed by atoms with E-state index in [4.69, 9.17) is 9.72 Å². The lowest BCUT2D eigenvalue weighted by Gasteiger charge is -2.35. The Kier molecular flexibility index (Phi) is 9.20. The van der Waals surface area contributed by atoms with Crippen LogP contribution in [0.1, 0.15) is 87.7 Å². The highest BCUT2D eigenvalue weighted by molar-refractivity contribution is 5.70. The van der Waals surface area contributed by atoms with E-state index in [0.29, 0.717) is 6.04 Å². The van der Waals surface area contributed by atoms with Gasteiger partial charge in [-0.15, -0.1) is 0 Å². The number of rotatable bonds is 10. The lowest BCUT2D eigenvalue weighted by molar-refractivity contribution is 0.136. The van der Waals surface area contributed by atoms with Gasteiger partial charge in [-0.3, -0.25) is 9.88 Å². The molecule has 3 aromatic rings. The molecule has 3 nitrogen and oxygen atoms in total. The molecule has 0 N–H and O–H groups in total. The molecule has 0 amide bonds. The maximum absolute atomic E-state index is 6.51. The molecule has 1 fully saturated rings. The summed E-state index contributed by atoms with van der Waals surface area (Å²) < 4.78 is 6.51. The third-order valence-corrected chi connectivity index (χ3v) is 7.59. The van der Waals surface area contributed by atoms with Crippen molar-refractivity contribution in [1.82, 2.24) is 9.88 Å². The van der Waals surface area contributed by atoms with E-state index in [-0.39, 0.29) is 6.10 Å². The molecular formula is C33H44N2O. The van der Waals surface area contributed by atoms with Crippen molar-refractivity contribution < 1.29 is 4.74 Å². The largest absolute Gasteiger partial charge is 0.491 e. The first-order valence-electron chi connectivity index (χ1n) is 14.1. The molecule has 0 saturated heterocycles. The summed E-state index contributed by atoms with van der Waals surface area (Å²) in [6.07, 6.45) is 8.69. The van der Waals surface area contributed by atoms with E-state index in [9.17, 15) is 0 Å². The van der Waals surface area contributed by atoms with Crippen LogP contribution in [0.5, 0.6) is 5.75 Å². The normalized spacial score (nSPS) is 14.5. The molecule has 1 saturated carbocycles. The number of aromatic nitrogens is 1. The van der Waals surface area contributed by atoms with Gasteiger partial charge in [0.25, 0.3) is 0 Å². The number of nitrogens with zero attached hydrogens (tertiary/aromatic N) is 2. The third-order valence-electron chi connectivity index (χ3n) is 7.59. The first-order valence-corrected chi connectivity index (χ1v) is 14.1. The predicted octanol–water partition coefficient (Wildman–Crippen LogP) is 8.30. The Morgan fingerprint density at radius 1 is 0.889 bits per heavy atom. The fourth-order valence-corrected chi connectivity index (χ4v) is 5.70. The molecular weight excluding hydrogens is 440 g/mol. The van der Waals surface area contributed by atoms with Gasteiger partial charge in [-0.2, -0.15) is 0 Å². The highest BCUT2D eigenvalue weighted by atomic mass is 16.5. The minimum atomic E-state index is 0.114. The summed E-state index contributed by atoms with van der Waals surface area (Å²) >= 11 is 0. The smallest absolute Gasteiger partial charge is 0.128 e. The van der Waals surface area contributed by atoms with Crippen molar-refractivity contribution in [2.75, 3.05) is 0 Å². The third kappa shape index (κ3) is 6.37. The summed E-state index contributed by atoms with van der Waals surface area (Å²) in [6, 6.07) is 20.4. The van der Waals surface area contributed by atoms with Gasteiger partial charge in [0, 0.05) is 42.0 Å². The molecule has 1 aliphatic carbocycles.